The maximum absolute atomic E-state index is 5.84. The first-order valence-electron chi connectivity index (χ1n) is 5.05. The topological polar surface area (TPSA) is 26.2 Å². The highest BCUT2D eigenvalue weighted by atomic mass is 127. The van der Waals surface area contributed by atoms with Gasteiger partial charge in [-0.3, -0.25) is 0 Å². The van der Waals surface area contributed by atoms with Crippen molar-refractivity contribution in [1.29, 1.82) is 0 Å². The van der Waals surface area contributed by atoms with Crippen LogP contribution in [-0.4, -0.2) is 23.8 Å². The highest BCUT2D eigenvalue weighted by Crippen LogP contribution is 2.32. The third-order valence-corrected chi connectivity index (χ3v) is 3.63. The number of aryl methyl sites for hydroxylation is 1. The smallest absolute Gasteiger partial charge is 0.113 e. The number of fused-ring (bicyclic) bond motifs is 3. The van der Waals surface area contributed by atoms with E-state index in [0.717, 1.165) is 19.7 Å². The van der Waals surface area contributed by atoms with Crippen molar-refractivity contribution in [3.8, 4) is 0 Å². The van der Waals surface area contributed by atoms with E-state index in [1.807, 2.05) is 0 Å². The standard InChI is InChI=1S/C10H13IN2O/c11-7-5-9-10-8(12-2-4-14-10)1-3-13(9)6-7/h5-6,8,10,12H,1-4H2. The van der Waals surface area contributed by atoms with E-state index in [9.17, 15) is 0 Å². The van der Waals surface area contributed by atoms with Gasteiger partial charge in [0.15, 0.2) is 0 Å². The Morgan fingerprint density at radius 3 is 3.43 bits per heavy atom. The number of halogens is 1. The van der Waals surface area contributed by atoms with Crippen LogP contribution >= 0.6 is 22.6 Å². The maximum Gasteiger partial charge on any atom is 0.113 e. The molecule has 2 atom stereocenters. The Kier molecular flexibility index (Phi) is 2.29. The molecule has 0 bridgehead atoms. The number of rotatable bonds is 0. The van der Waals surface area contributed by atoms with Gasteiger partial charge < -0.3 is 14.6 Å². The summed E-state index contributed by atoms with van der Waals surface area (Å²) in [6, 6.07) is 2.77. The zero-order chi connectivity index (χ0) is 9.54. The molecule has 14 heavy (non-hydrogen) atoms. The molecule has 2 aliphatic heterocycles. The summed E-state index contributed by atoms with van der Waals surface area (Å²) in [6.07, 6.45) is 3.67. The molecule has 1 saturated heterocycles. The Bertz CT molecular complexity index is 350. The lowest BCUT2D eigenvalue weighted by Gasteiger charge is -2.37. The van der Waals surface area contributed by atoms with E-state index in [2.05, 4.69) is 44.7 Å². The van der Waals surface area contributed by atoms with E-state index in [0.29, 0.717) is 6.04 Å². The van der Waals surface area contributed by atoms with Gasteiger partial charge in [-0.25, -0.2) is 0 Å². The van der Waals surface area contributed by atoms with Gasteiger partial charge in [0, 0.05) is 34.6 Å². The summed E-state index contributed by atoms with van der Waals surface area (Å²) in [5.41, 5.74) is 1.35. The molecule has 2 unspecified atom stereocenters. The minimum atomic E-state index is 0.279. The molecule has 1 N–H and O–H groups in total. The van der Waals surface area contributed by atoms with Crippen molar-refractivity contribution >= 4 is 22.6 Å². The van der Waals surface area contributed by atoms with Gasteiger partial charge in [-0.2, -0.15) is 0 Å². The van der Waals surface area contributed by atoms with Crippen LogP contribution in [0.1, 0.15) is 18.2 Å². The van der Waals surface area contributed by atoms with E-state index >= 15 is 0 Å². The Hall–Kier alpha value is -0.0700. The second kappa shape index (κ2) is 3.50. The lowest BCUT2D eigenvalue weighted by atomic mass is 9.99. The van der Waals surface area contributed by atoms with Gasteiger partial charge in [0.1, 0.15) is 6.10 Å². The van der Waals surface area contributed by atoms with Crippen LogP contribution in [0, 0.1) is 3.57 Å². The molecule has 1 aromatic heterocycles. The molecular formula is C10H13IN2O. The Morgan fingerprint density at radius 2 is 2.50 bits per heavy atom. The largest absolute Gasteiger partial charge is 0.369 e. The molecule has 3 nitrogen and oxygen atoms in total. The lowest BCUT2D eigenvalue weighted by molar-refractivity contribution is -0.0219. The summed E-state index contributed by atoms with van der Waals surface area (Å²) < 4.78 is 9.48. The summed E-state index contributed by atoms with van der Waals surface area (Å²) >= 11 is 2.37. The molecule has 0 saturated carbocycles. The molecule has 0 amide bonds. The SMILES string of the molecule is Ic1cc2n(c1)CCC1NCCOC21. The summed E-state index contributed by atoms with van der Waals surface area (Å²) in [4.78, 5) is 0. The minimum Gasteiger partial charge on any atom is -0.369 e. The quantitative estimate of drug-likeness (QED) is 0.736. The molecule has 0 aliphatic carbocycles. The van der Waals surface area contributed by atoms with E-state index < -0.39 is 0 Å². The summed E-state index contributed by atoms with van der Waals surface area (Å²) in [6.45, 7) is 2.96. The molecule has 2 aliphatic rings. The van der Waals surface area contributed by atoms with Crippen molar-refractivity contribution in [2.75, 3.05) is 13.2 Å². The second-order valence-corrected chi connectivity index (χ2v) is 5.16. The van der Waals surface area contributed by atoms with Gasteiger partial charge in [0.05, 0.1) is 6.61 Å². The van der Waals surface area contributed by atoms with Crippen molar-refractivity contribution < 1.29 is 4.74 Å². The maximum atomic E-state index is 5.84. The Morgan fingerprint density at radius 1 is 1.57 bits per heavy atom. The third kappa shape index (κ3) is 1.40. The van der Waals surface area contributed by atoms with Gasteiger partial charge in [-0.1, -0.05) is 0 Å². The van der Waals surface area contributed by atoms with Gasteiger partial charge in [0.25, 0.3) is 0 Å². The zero-order valence-electron chi connectivity index (χ0n) is 7.87. The van der Waals surface area contributed by atoms with Gasteiger partial charge in [-0.15, -0.1) is 0 Å². The molecule has 3 rings (SSSR count). The molecule has 0 aromatic carbocycles. The van der Waals surface area contributed by atoms with E-state index in [4.69, 9.17) is 4.74 Å². The van der Waals surface area contributed by atoms with Gasteiger partial charge in [0.2, 0.25) is 0 Å². The average molecular weight is 304 g/mol. The monoisotopic (exact) mass is 304 g/mol. The first kappa shape index (κ1) is 9.18. The van der Waals surface area contributed by atoms with Gasteiger partial charge >= 0.3 is 0 Å². The zero-order valence-corrected chi connectivity index (χ0v) is 10.0. The molecule has 76 valence electrons. The van der Waals surface area contributed by atoms with Crippen molar-refractivity contribution in [2.45, 2.75) is 25.1 Å². The summed E-state index contributed by atoms with van der Waals surface area (Å²) in [5, 5.41) is 3.53. The Balaban J connectivity index is 1.98. The van der Waals surface area contributed by atoms with E-state index in [1.165, 1.54) is 15.7 Å². The molecule has 0 radical (unpaired) electrons. The number of hydrogen-bond acceptors (Lipinski definition) is 2. The second-order valence-electron chi connectivity index (χ2n) is 3.92. The predicted octanol–water partition coefficient (Wildman–Crippen LogP) is 1.53. The van der Waals surface area contributed by atoms with Crippen molar-refractivity contribution in [2.24, 2.45) is 0 Å². The molecule has 3 heterocycles. The molecule has 4 heteroatoms. The normalized spacial score (nSPS) is 30.9. The lowest BCUT2D eigenvalue weighted by Crippen LogP contribution is -2.46. The summed E-state index contributed by atoms with van der Waals surface area (Å²) in [5.74, 6) is 0. The number of morpholine rings is 1. The van der Waals surface area contributed by atoms with Crippen LogP contribution < -0.4 is 5.32 Å². The van der Waals surface area contributed by atoms with Crippen LogP contribution in [-0.2, 0) is 11.3 Å². The Labute approximate surface area is 97.0 Å². The number of aromatic nitrogens is 1. The fraction of sp³-hybridized carbons (Fsp3) is 0.600. The van der Waals surface area contributed by atoms with Crippen LogP contribution in [0.5, 0.6) is 0 Å². The third-order valence-electron chi connectivity index (χ3n) is 3.04. The van der Waals surface area contributed by atoms with Crippen molar-refractivity contribution in [3.05, 3.63) is 21.5 Å². The first-order chi connectivity index (χ1) is 6.84. The minimum absolute atomic E-state index is 0.279. The highest BCUT2D eigenvalue weighted by Gasteiger charge is 2.32. The van der Waals surface area contributed by atoms with Crippen LogP contribution in [0.3, 0.4) is 0 Å². The molecule has 1 fully saturated rings. The van der Waals surface area contributed by atoms with Crippen LogP contribution in [0.4, 0.5) is 0 Å². The molecule has 0 spiro atoms. The predicted molar refractivity (Wildman–Crippen MR) is 62.2 cm³/mol. The molecule has 1 aromatic rings. The number of ether oxygens (including phenoxy) is 1. The number of hydrogen-bond donors (Lipinski definition) is 1. The van der Waals surface area contributed by atoms with Crippen molar-refractivity contribution in [3.63, 3.8) is 0 Å². The summed E-state index contributed by atoms with van der Waals surface area (Å²) in [7, 11) is 0. The fourth-order valence-electron chi connectivity index (χ4n) is 2.40. The van der Waals surface area contributed by atoms with Gasteiger partial charge in [-0.05, 0) is 35.1 Å². The number of nitrogens with zero attached hydrogens (tertiary/aromatic N) is 1. The fourth-order valence-corrected chi connectivity index (χ4v) is 3.06. The first-order valence-corrected chi connectivity index (χ1v) is 6.13. The van der Waals surface area contributed by atoms with Crippen LogP contribution in [0.2, 0.25) is 0 Å². The van der Waals surface area contributed by atoms with Crippen LogP contribution in [0.15, 0.2) is 12.3 Å². The van der Waals surface area contributed by atoms with Crippen LogP contribution in [0.25, 0.3) is 0 Å². The van der Waals surface area contributed by atoms with Crippen molar-refractivity contribution in [1.82, 2.24) is 9.88 Å². The van der Waals surface area contributed by atoms with E-state index in [-0.39, 0.29) is 6.10 Å². The highest BCUT2D eigenvalue weighted by molar-refractivity contribution is 14.1. The molecular weight excluding hydrogens is 291 g/mol. The number of nitrogens with one attached hydrogen (secondary N) is 1. The average Bonchev–Trinajstić information content (AvgIpc) is 2.59. The van der Waals surface area contributed by atoms with E-state index in [1.54, 1.807) is 0 Å².